The van der Waals surface area contributed by atoms with Crippen molar-refractivity contribution in [2.45, 2.75) is 19.5 Å². The third-order valence-corrected chi connectivity index (χ3v) is 4.93. The van der Waals surface area contributed by atoms with E-state index >= 15 is 0 Å². The molecule has 30 heavy (non-hydrogen) atoms. The fourth-order valence-corrected chi connectivity index (χ4v) is 3.25. The number of guanidine groups is 1. The fraction of sp³-hybridized carbons (Fsp3) is 0.273. The molecule has 3 aromatic rings. The summed E-state index contributed by atoms with van der Waals surface area (Å²) in [5, 5.41) is 7.34. The van der Waals surface area contributed by atoms with Gasteiger partial charge in [0.1, 0.15) is 11.6 Å². The second-order valence-electron chi connectivity index (χ2n) is 6.52. The molecule has 8 heteroatoms. The first-order chi connectivity index (χ1) is 14.2. The molecule has 1 heterocycles. The van der Waals surface area contributed by atoms with Crippen molar-refractivity contribution in [2.24, 2.45) is 4.99 Å². The molecule has 0 atom stereocenters. The Balaban J connectivity index is 0.00000320. The molecule has 0 amide bonds. The smallest absolute Gasteiger partial charge is 0.191 e. The van der Waals surface area contributed by atoms with Crippen LogP contribution in [0.25, 0.3) is 0 Å². The molecule has 0 aliphatic heterocycles. The Kier molecular flexibility index (Phi) is 9.96. The number of rotatable bonds is 8. The topological polar surface area (TPSA) is 63.5 Å². The molecule has 0 radical (unpaired) electrons. The minimum Gasteiger partial charge on any atom is -0.497 e. The van der Waals surface area contributed by atoms with Gasteiger partial charge in [-0.15, -0.1) is 24.0 Å². The Morgan fingerprint density at radius 2 is 1.97 bits per heavy atom. The average molecular weight is 540 g/mol. The van der Waals surface area contributed by atoms with Crippen molar-refractivity contribution >= 4 is 41.5 Å². The van der Waals surface area contributed by atoms with Crippen molar-refractivity contribution in [3.63, 3.8) is 0 Å². The fourth-order valence-electron chi connectivity index (χ4n) is 2.99. The van der Waals surface area contributed by atoms with Crippen LogP contribution in [0, 0.1) is 0 Å². The van der Waals surface area contributed by atoms with Gasteiger partial charge < -0.3 is 19.9 Å². The number of aliphatic imine (C=N–C) groups is 1. The second-order valence-corrected chi connectivity index (χ2v) is 6.92. The SMILES string of the molecule is CN=C(NCCc1ccc(OC)cc1Cl)NCc1nccn1Cc1ccccc1.I. The largest absolute Gasteiger partial charge is 0.497 e. The van der Waals surface area contributed by atoms with E-state index in [-0.39, 0.29) is 24.0 Å². The lowest BCUT2D eigenvalue weighted by molar-refractivity contribution is 0.414. The molecule has 0 saturated heterocycles. The summed E-state index contributed by atoms with van der Waals surface area (Å²) in [5.74, 6) is 2.44. The summed E-state index contributed by atoms with van der Waals surface area (Å²) in [6.45, 7) is 2.09. The first-order valence-corrected chi connectivity index (χ1v) is 9.88. The quantitative estimate of drug-likeness (QED) is 0.257. The highest BCUT2D eigenvalue weighted by molar-refractivity contribution is 14.0. The number of nitrogens with zero attached hydrogens (tertiary/aromatic N) is 3. The molecule has 2 aromatic carbocycles. The maximum atomic E-state index is 6.31. The average Bonchev–Trinajstić information content (AvgIpc) is 3.19. The Morgan fingerprint density at radius 3 is 2.67 bits per heavy atom. The van der Waals surface area contributed by atoms with Gasteiger partial charge >= 0.3 is 0 Å². The Bertz CT molecular complexity index is 946. The summed E-state index contributed by atoms with van der Waals surface area (Å²) in [6, 6.07) is 16.1. The Labute approximate surface area is 199 Å². The summed E-state index contributed by atoms with van der Waals surface area (Å²) >= 11 is 6.31. The Hall–Kier alpha value is -2.26. The number of benzene rings is 2. The number of aromatic nitrogens is 2. The molecule has 1 aromatic heterocycles. The number of imidazole rings is 1. The molecule has 0 unspecified atom stereocenters. The van der Waals surface area contributed by atoms with Crippen molar-refractivity contribution in [1.82, 2.24) is 20.2 Å². The Morgan fingerprint density at radius 1 is 1.17 bits per heavy atom. The third-order valence-electron chi connectivity index (χ3n) is 4.58. The zero-order valence-electron chi connectivity index (χ0n) is 17.1. The molecule has 160 valence electrons. The summed E-state index contributed by atoms with van der Waals surface area (Å²) in [5.41, 5.74) is 2.31. The van der Waals surface area contributed by atoms with Crippen molar-refractivity contribution in [1.29, 1.82) is 0 Å². The van der Waals surface area contributed by atoms with Gasteiger partial charge in [-0.1, -0.05) is 48.0 Å². The van der Waals surface area contributed by atoms with Crippen LogP contribution in [0.5, 0.6) is 5.75 Å². The monoisotopic (exact) mass is 539 g/mol. The van der Waals surface area contributed by atoms with E-state index in [1.54, 1.807) is 14.2 Å². The highest BCUT2D eigenvalue weighted by atomic mass is 127. The van der Waals surface area contributed by atoms with E-state index in [2.05, 4.69) is 37.3 Å². The summed E-state index contributed by atoms with van der Waals surface area (Å²) in [6.07, 6.45) is 4.60. The molecular weight excluding hydrogens is 513 g/mol. The number of hydrogen-bond donors (Lipinski definition) is 2. The van der Waals surface area contributed by atoms with Crippen LogP contribution >= 0.6 is 35.6 Å². The predicted molar refractivity (Wildman–Crippen MR) is 133 cm³/mol. The van der Waals surface area contributed by atoms with Gasteiger partial charge in [0.25, 0.3) is 0 Å². The lowest BCUT2D eigenvalue weighted by atomic mass is 10.1. The molecule has 0 bridgehead atoms. The standard InChI is InChI=1S/C22H26ClN5O.HI/c1-24-22(26-11-10-18-8-9-19(29-2)14-20(18)23)27-15-21-25-12-13-28(21)16-17-6-4-3-5-7-17;/h3-9,12-14H,10-11,15-16H2,1-2H3,(H2,24,26,27);1H. The van der Waals surface area contributed by atoms with Crippen LogP contribution < -0.4 is 15.4 Å². The first kappa shape index (κ1) is 24.0. The van der Waals surface area contributed by atoms with Crippen LogP contribution in [-0.2, 0) is 19.5 Å². The molecular formula is C22H27ClIN5O. The molecule has 0 aliphatic rings. The minimum absolute atomic E-state index is 0. The summed E-state index contributed by atoms with van der Waals surface area (Å²) < 4.78 is 7.32. The van der Waals surface area contributed by atoms with Crippen molar-refractivity contribution < 1.29 is 4.74 Å². The van der Waals surface area contributed by atoms with Crippen molar-refractivity contribution in [3.05, 3.63) is 82.9 Å². The number of methoxy groups -OCH3 is 1. The number of hydrogen-bond acceptors (Lipinski definition) is 3. The van der Waals surface area contributed by atoms with E-state index in [4.69, 9.17) is 16.3 Å². The predicted octanol–water partition coefficient (Wildman–Crippen LogP) is 4.12. The highest BCUT2D eigenvalue weighted by Crippen LogP contribution is 2.22. The normalized spacial score (nSPS) is 11.0. The maximum Gasteiger partial charge on any atom is 0.191 e. The van der Waals surface area contributed by atoms with E-state index in [1.807, 2.05) is 48.8 Å². The first-order valence-electron chi connectivity index (χ1n) is 9.50. The maximum absolute atomic E-state index is 6.31. The van der Waals surface area contributed by atoms with Crippen molar-refractivity contribution in [3.8, 4) is 5.75 Å². The van der Waals surface area contributed by atoms with Gasteiger partial charge in [-0.05, 0) is 29.7 Å². The molecule has 2 N–H and O–H groups in total. The van der Waals surface area contributed by atoms with Crippen LogP contribution in [0.3, 0.4) is 0 Å². The zero-order valence-corrected chi connectivity index (χ0v) is 20.2. The van der Waals surface area contributed by atoms with Crippen LogP contribution in [0.15, 0.2) is 65.9 Å². The molecule has 0 fully saturated rings. The van der Waals surface area contributed by atoms with Crippen LogP contribution in [0.4, 0.5) is 0 Å². The lowest BCUT2D eigenvalue weighted by Crippen LogP contribution is -2.38. The highest BCUT2D eigenvalue weighted by Gasteiger charge is 2.06. The van der Waals surface area contributed by atoms with Gasteiger partial charge in [-0.25, -0.2) is 4.98 Å². The molecule has 0 aliphatic carbocycles. The van der Waals surface area contributed by atoms with Crippen LogP contribution in [0.1, 0.15) is 17.0 Å². The van der Waals surface area contributed by atoms with E-state index < -0.39 is 0 Å². The van der Waals surface area contributed by atoms with Gasteiger partial charge in [0.2, 0.25) is 0 Å². The lowest BCUT2D eigenvalue weighted by Gasteiger charge is -2.13. The second kappa shape index (κ2) is 12.4. The number of nitrogens with one attached hydrogen (secondary N) is 2. The van der Waals surface area contributed by atoms with Gasteiger partial charge in [0, 0.05) is 37.6 Å². The van der Waals surface area contributed by atoms with E-state index in [9.17, 15) is 0 Å². The molecule has 3 rings (SSSR count). The van der Waals surface area contributed by atoms with E-state index in [1.165, 1.54) is 5.56 Å². The number of halogens is 2. The third kappa shape index (κ3) is 6.91. The number of ether oxygens (including phenoxy) is 1. The van der Waals surface area contributed by atoms with E-state index in [0.717, 1.165) is 36.1 Å². The van der Waals surface area contributed by atoms with Crippen LogP contribution in [-0.4, -0.2) is 36.2 Å². The van der Waals surface area contributed by atoms with Crippen LogP contribution in [0.2, 0.25) is 5.02 Å². The van der Waals surface area contributed by atoms with Crippen molar-refractivity contribution in [2.75, 3.05) is 20.7 Å². The molecule has 0 spiro atoms. The molecule has 0 saturated carbocycles. The summed E-state index contributed by atoms with van der Waals surface area (Å²) in [7, 11) is 3.39. The molecule has 6 nitrogen and oxygen atoms in total. The minimum atomic E-state index is 0. The van der Waals surface area contributed by atoms with Gasteiger partial charge in [-0.2, -0.15) is 0 Å². The van der Waals surface area contributed by atoms with E-state index in [0.29, 0.717) is 18.1 Å². The summed E-state index contributed by atoms with van der Waals surface area (Å²) in [4.78, 5) is 8.75. The van der Waals surface area contributed by atoms with Gasteiger partial charge in [-0.3, -0.25) is 4.99 Å². The zero-order chi connectivity index (χ0) is 20.5. The van der Waals surface area contributed by atoms with Gasteiger partial charge in [0.05, 0.1) is 13.7 Å². The van der Waals surface area contributed by atoms with Gasteiger partial charge in [0.15, 0.2) is 5.96 Å².